The smallest absolute Gasteiger partial charge is 0.272 e. The van der Waals surface area contributed by atoms with Crippen LogP contribution in [0.4, 0.5) is 0 Å². The van der Waals surface area contributed by atoms with Crippen LogP contribution in [0.25, 0.3) is 0 Å². The lowest BCUT2D eigenvalue weighted by Gasteiger charge is -2.33. The van der Waals surface area contributed by atoms with Crippen molar-refractivity contribution < 1.29 is 9.59 Å². The Morgan fingerprint density at radius 1 is 0.833 bits per heavy atom. The third kappa shape index (κ3) is 4.57. The second-order valence-electron chi connectivity index (χ2n) is 7.54. The topological polar surface area (TPSA) is 62.3 Å². The first kappa shape index (κ1) is 19.8. The van der Waals surface area contributed by atoms with Gasteiger partial charge in [0.25, 0.3) is 5.91 Å². The normalized spacial score (nSPS) is 14.5. The molecule has 0 aliphatic carbocycles. The number of pyridine rings is 1. The molecule has 2 aromatic carbocycles. The predicted octanol–water partition coefficient (Wildman–Crippen LogP) is 3.63. The zero-order chi connectivity index (χ0) is 20.8. The van der Waals surface area contributed by atoms with Gasteiger partial charge in [0, 0.05) is 25.3 Å². The van der Waals surface area contributed by atoms with Gasteiger partial charge in [0.1, 0.15) is 5.69 Å². The van der Waals surface area contributed by atoms with Gasteiger partial charge in [-0.2, -0.15) is 0 Å². The van der Waals surface area contributed by atoms with E-state index in [2.05, 4.69) is 10.3 Å². The minimum atomic E-state index is -0.347. The van der Waals surface area contributed by atoms with E-state index in [1.165, 1.54) is 0 Å². The highest BCUT2D eigenvalue weighted by atomic mass is 16.2. The number of likely N-dealkylation sites (tertiary alicyclic amines) is 1. The quantitative estimate of drug-likeness (QED) is 0.713. The van der Waals surface area contributed by atoms with Crippen molar-refractivity contribution in [2.24, 2.45) is 0 Å². The molecule has 5 nitrogen and oxygen atoms in total. The summed E-state index contributed by atoms with van der Waals surface area (Å²) in [6, 6.07) is 25.1. The molecular weight excluding hydrogens is 374 g/mol. The highest BCUT2D eigenvalue weighted by Crippen LogP contribution is 2.25. The van der Waals surface area contributed by atoms with Crippen LogP contribution >= 0.6 is 0 Å². The lowest BCUT2D eigenvalue weighted by Crippen LogP contribution is -2.47. The third-order valence-electron chi connectivity index (χ3n) is 5.54. The Bertz CT molecular complexity index is 930. The number of amides is 2. The van der Waals surface area contributed by atoms with Gasteiger partial charge < -0.3 is 10.2 Å². The van der Waals surface area contributed by atoms with Crippen molar-refractivity contribution in [3.8, 4) is 0 Å². The summed E-state index contributed by atoms with van der Waals surface area (Å²) in [5.41, 5.74) is 2.42. The fourth-order valence-electron chi connectivity index (χ4n) is 3.95. The fraction of sp³-hybridized carbons (Fsp3) is 0.240. The number of nitrogens with one attached hydrogen (secondary N) is 1. The molecule has 1 saturated heterocycles. The van der Waals surface area contributed by atoms with Crippen LogP contribution in [0.2, 0.25) is 0 Å². The van der Waals surface area contributed by atoms with Crippen molar-refractivity contribution in [3.05, 3.63) is 102 Å². The molecule has 0 radical (unpaired) electrons. The summed E-state index contributed by atoms with van der Waals surface area (Å²) in [7, 11) is 0. The van der Waals surface area contributed by atoms with E-state index in [1.54, 1.807) is 18.3 Å². The van der Waals surface area contributed by atoms with Crippen LogP contribution in [0, 0.1) is 0 Å². The molecule has 3 aromatic rings. The summed E-state index contributed by atoms with van der Waals surface area (Å²) < 4.78 is 0. The van der Waals surface area contributed by atoms with E-state index in [0.29, 0.717) is 18.8 Å². The van der Waals surface area contributed by atoms with E-state index in [4.69, 9.17) is 0 Å². The van der Waals surface area contributed by atoms with Crippen molar-refractivity contribution in [1.29, 1.82) is 0 Å². The largest absolute Gasteiger partial charge is 0.352 e. The molecule has 0 bridgehead atoms. The fourth-order valence-corrected chi connectivity index (χ4v) is 3.95. The first-order valence-electron chi connectivity index (χ1n) is 10.3. The van der Waals surface area contributed by atoms with Crippen LogP contribution in [0.15, 0.2) is 85.1 Å². The van der Waals surface area contributed by atoms with Crippen molar-refractivity contribution in [2.75, 3.05) is 13.1 Å². The molecule has 1 N–H and O–H groups in total. The number of carbonyl (C=O) groups is 2. The lowest BCUT2D eigenvalue weighted by molar-refractivity contribution is -0.122. The van der Waals surface area contributed by atoms with E-state index in [0.717, 1.165) is 24.0 Å². The summed E-state index contributed by atoms with van der Waals surface area (Å²) in [6.45, 7) is 1.23. The van der Waals surface area contributed by atoms with Crippen molar-refractivity contribution in [3.63, 3.8) is 0 Å². The Hall–Kier alpha value is -3.47. The summed E-state index contributed by atoms with van der Waals surface area (Å²) in [6.07, 6.45) is 3.11. The van der Waals surface area contributed by atoms with Crippen molar-refractivity contribution >= 4 is 11.8 Å². The van der Waals surface area contributed by atoms with E-state index in [9.17, 15) is 9.59 Å². The highest BCUT2D eigenvalue weighted by molar-refractivity contribution is 5.92. The van der Waals surface area contributed by atoms with Gasteiger partial charge in [-0.15, -0.1) is 0 Å². The van der Waals surface area contributed by atoms with Gasteiger partial charge in [0.15, 0.2) is 0 Å². The number of carbonyl (C=O) groups excluding carboxylic acids is 2. The van der Waals surface area contributed by atoms with Gasteiger partial charge in [-0.1, -0.05) is 66.7 Å². The predicted molar refractivity (Wildman–Crippen MR) is 116 cm³/mol. The average Bonchev–Trinajstić information content (AvgIpc) is 2.81. The summed E-state index contributed by atoms with van der Waals surface area (Å²) in [4.78, 5) is 31.8. The molecule has 1 aromatic heterocycles. The van der Waals surface area contributed by atoms with E-state index < -0.39 is 0 Å². The third-order valence-corrected chi connectivity index (χ3v) is 5.54. The maximum Gasteiger partial charge on any atom is 0.272 e. The molecule has 0 saturated carbocycles. The SMILES string of the molecule is O=C(NC1CCN(C(=O)c2ccccn2)CC1)C(c1ccccc1)c1ccccc1. The maximum absolute atomic E-state index is 13.2. The first-order valence-corrected chi connectivity index (χ1v) is 10.3. The van der Waals surface area contributed by atoms with Gasteiger partial charge >= 0.3 is 0 Å². The minimum absolute atomic E-state index is 0.00176. The van der Waals surface area contributed by atoms with Crippen LogP contribution in [0.3, 0.4) is 0 Å². The molecule has 1 aliphatic heterocycles. The van der Waals surface area contributed by atoms with E-state index in [-0.39, 0.29) is 23.8 Å². The number of benzene rings is 2. The second-order valence-corrected chi connectivity index (χ2v) is 7.54. The Morgan fingerprint density at radius 3 is 1.93 bits per heavy atom. The summed E-state index contributed by atoms with van der Waals surface area (Å²) in [5, 5.41) is 3.22. The Morgan fingerprint density at radius 2 is 1.40 bits per heavy atom. The summed E-state index contributed by atoms with van der Waals surface area (Å²) >= 11 is 0. The zero-order valence-electron chi connectivity index (χ0n) is 16.8. The van der Waals surface area contributed by atoms with E-state index >= 15 is 0 Å². The molecule has 2 amide bonds. The molecular formula is C25H25N3O2. The van der Waals surface area contributed by atoms with Crippen LogP contribution in [0.5, 0.6) is 0 Å². The summed E-state index contributed by atoms with van der Waals surface area (Å²) in [5.74, 6) is -0.394. The van der Waals surface area contributed by atoms with Gasteiger partial charge in [-0.3, -0.25) is 14.6 Å². The highest BCUT2D eigenvalue weighted by Gasteiger charge is 2.28. The van der Waals surface area contributed by atoms with Crippen LogP contribution in [-0.4, -0.2) is 40.8 Å². The van der Waals surface area contributed by atoms with Gasteiger partial charge in [0.2, 0.25) is 5.91 Å². The van der Waals surface area contributed by atoms with Gasteiger partial charge in [-0.05, 0) is 36.1 Å². The molecule has 0 unspecified atom stereocenters. The Labute approximate surface area is 176 Å². The second kappa shape index (κ2) is 9.35. The Balaban J connectivity index is 1.41. The molecule has 0 spiro atoms. The van der Waals surface area contributed by atoms with Crippen LogP contribution in [0.1, 0.15) is 40.4 Å². The van der Waals surface area contributed by atoms with Crippen molar-refractivity contribution in [1.82, 2.24) is 15.2 Å². The first-order chi connectivity index (χ1) is 14.7. The standard InChI is InChI=1S/C25H25N3O2/c29-24(23(19-9-3-1-4-10-19)20-11-5-2-6-12-20)27-21-14-17-28(18-15-21)25(30)22-13-7-8-16-26-22/h1-13,16,21,23H,14-15,17-18H2,(H,27,29). The molecule has 30 heavy (non-hydrogen) atoms. The molecule has 0 atom stereocenters. The number of nitrogens with zero attached hydrogens (tertiary/aromatic N) is 2. The van der Waals surface area contributed by atoms with Gasteiger partial charge in [0.05, 0.1) is 5.92 Å². The molecule has 2 heterocycles. The molecule has 152 valence electrons. The van der Waals surface area contributed by atoms with Crippen LogP contribution < -0.4 is 5.32 Å². The molecule has 4 rings (SSSR count). The van der Waals surface area contributed by atoms with E-state index in [1.807, 2.05) is 71.6 Å². The minimum Gasteiger partial charge on any atom is -0.352 e. The number of rotatable bonds is 5. The number of aromatic nitrogens is 1. The van der Waals surface area contributed by atoms with Gasteiger partial charge in [-0.25, -0.2) is 0 Å². The maximum atomic E-state index is 13.2. The zero-order valence-corrected chi connectivity index (χ0v) is 16.8. The lowest BCUT2D eigenvalue weighted by atomic mass is 9.90. The Kier molecular flexibility index (Phi) is 6.18. The molecule has 5 heteroatoms. The number of hydrogen-bond acceptors (Lipinski definition) is 3. The monoisotopic (exact) mass is 399 g/mol. The van der Waals surface area contributed by atoms with Crippen molar-refractivity contribution in [2.45, 2.75) is 24.8 Å². The molecule has 1 fully saturated rings. The number of hydrogen-bond donors (Lipinski definition) is 1. The van der Waals surface area contributed by atoms with Crippen LogP contribution in [-0.2, 0) is 4.79 Å². The molecule has 1 aliphatic rings. The number of piperidine rings is 1. The average molecular weight is 399 g/mol.